The fourth-order valence-electron chi connectivity index (χ4n) is 2.98. The van der Waals surface area contributed by atoms with Gasteiger partial charge in [0.05, 0.1) is 13.0 Å². The van der Waals surface area contributed by atoms with Crippen LogP contribution in [0.1, 0.15) is 48.9 Å². The second-order valence-electron chi connectivity index (χ2n) is 5.70. The lowest BCUT2D eigenvalue weighted by molar-refractivity contribution is -0.137. The number of carboxylic acid groups (broad SMARTS) is 1. The van der Waals surface area contributed by atoms with Gasteiger partial charge in [-0.1, -0.05) is 49.6 Å². The highest BCUT2D eigenvalue weighted by Crippen LogP contribution is 2.23. The van der Waals surface area contributed by atoms with E-state index in [2.05, 4.69) is 4.90 Å². The minimum absolute atomic E-state index is 0.0755. The molecule has 4 nitrogen and oxygen atoms in total. The number of rotatable bonds is 7. The van der Waals surface area contributed by atoms with Gasteiger partial charge in [0.2, 0.25) is 0 Å². The summed E-state index contributed by atoms with van der Waals surface area (Å²) in [7, 11) is 0. The van der Waals surface area contributed by atoms with Gasteiger partial charge in [-0.25, -0.2) is 0 Å². The summed E-state index contributed by atoms with van der Waals surface area (Å²) in [6, 6.07) is 9.59. The van der Waals surface area contributed by atoms with E-state index in [1.807, 2.05) is 30.3 Å². The lowest BCUT2D eigenvalue weighted by atomic mass is 9.93. The molecule has 2 rings (SSSR count). The summed E-state index contributed by atoms with van der Waals surface area (Å²) in [4.78, 5) is 25.3. The van der Waals surface area contributed by atoms with Crippen molar-refractivity contribution < 1.29 is 14.7 Å². The van der Waals surface area contributed by atoms with E-state index in [-0.39, 0.29) is 12.2 Å². The zero-order chi connectivity index (χ0) is 15.1. The van der Waals surface area contributed by atoms with Crippen molar-refractivity contribution in [2.24, 2.45) is 0 Å². The lowest BCUT2D eigenvalue weighted by Gasteiger charge is -2.33. The van der Waals surface area contributed by atoms with Crippen molar-refractivity contribution in [3.63, 3.8) is 0 Å². The molecule has 0 saturated heterocycles. The molecule has 1 fully saturated rings. The topological polar surface area (TPSA) is 57.6 Å². The molecule has 1 aliphatic rings. The summed E-state index contributed by atoms with van der Waals surface area (Å²) in [5.74, 6) is -0.727. The van der Waals surface area contributed by atoms with Crippen LogP contribution in [0, 0.1) is 0 Å². The summed E-state index contributed by atoms with van der Waals surface area (Å²) in [5, 5.41) is 8.90. The predicted octanol–water partition coefficient (Wildman–Crippen LogP) is 2.98. The number of benzene rings is 1. The maximum atomic E-state index is 12.4. The molecular weight excluding hydrogens is 266 g/mol. The van der Waals surface area contributed by atoms with E-state index < -0.39 is 5.97 Å². The SMILES string of the molecule is O=C(O)CCN(CC(=O)c1ccccc1)C1CCCCC1. The van der Waals surface area contributed by atoms with Crippen molar-refractivity contribution in [2.75, 3.05) is 13.1 Å². The molecule has 1 N–H and O–H groups in total. The lowest BCUT2D eigenvalue weighted by Crippen LogP contribution is -2.41. The molecule has 1 saturated carbocycles. The Kier molecular flexibility index (Phi) is 5.93. The van der Waals surface area contributed by atoms with E-state index in [0.717, 1.165) is 12.8 Å². The third kappa shape index (κ3) is 4.97. The molecule has 0 spiro atoms. The molecule has 0 bridgehead atoms. The molecule has 1 aliphatic carbocycles. The second-order valence-corrected chi connectivity index (χ2v) is 5.70. The quantitative estimate of drug-likeness (QED) is 0.784. The molecule has 0 radical (unpaired) electrons. The van der Waals surface area contributed by atoms with Gasteiger partial charge in [-0.15, -0.1) is 0 Å². The van der Waals surface area contributed by atoms with E-state index in [1.165, 1.54) is 19.3 Å². The van der Waals surface area contributed by atoms with E-state index >= 15 is 0 Å². The number of aliphatic carboxylic acids is 1. The van der Waals surface area contributed by atoms with Gasteiger partial charge in [0, 0.05) is 18.2 Å². The summed E-state index contributed by atoms with van der Waals surface area (Å²) in [6.45, 7) is 0.778. The minimum atomic E-state index is -0.803. The maximum Gasteiger partial charge on any atom is 0.304 e. The number of hydrogen-bond donors (Lipinski definition) is 1. The molecule has 114 valence electrons. The normalized spacial score (nSPS) is 16.0. The number of nitrogens with zero attached hydrogens (tertiary/aromatic N) is 1. The van der Waals surface area contributed by atoms with E-state index in [9.17, 15) is 9.59 Å². The summed E-state index contributed by atoms with van der Waals surface area (Å²) < 4.78 is 0. The molecule has 4 heteroatoms. The van der Waals surface area contributed by atoms with Gasteiger partial charge < -0.3 is 5.11 Å². The fourth-order valence-corrected chi connectivity index (χ4v) is 2.98. The summed E-state index contributed by atoms with van der Waals surface area (Å²) >= 11 is 0. The summed E-state index contributed by atoms with van der Waals surface area (Å²) in [5.41, 5.74) is 0.702. The first-order chi connectivity index (χ1) is 10.2. The van der Waals surface area contributed by atoms with Crippen LogP contribution < -0.4 is 0 Å². The Morgan fingerprint density at radius 1 is 1.10 bits per heavy atom. The van der Waals surface area contributed by atoms with Crippen LogP contribution in [0.4, 0.5) is 0 Å². The molecule has 0 amide bonds. The smallest absolute Gasteiger partial charge is 0.304 e. The Hall–Kier alpha value is -1.68. The first kappa shape index (κ1) is 15.7. The highest BCUT2D eigenvalue weighted by molar-refractivity contribution is 5.97. The van der Waals surface area contributed by atoms with Crippen LogP contribution in [0.15, 0.2) is 30.3 Å². The number of carbonyl (C=O) groups excluding carboxylic acids is 1. The Balaban J connectivity index is 2.00. The summed E-state index contributed by atoms with van der Waals surface area (Å²) in [6.07, 6.45) is 5.83. The van der Waals surface area contributed by atoms with Gasteiger partial charge in [0.1, 0.15) is 0 Å². The van der Waals surface area contributed by atoms with Crippen molar-refractivity contribution in [1.29, 1.82) is 0 Å². The van der Waals surface area contributed by atoms with E-state index in [0.29, 0.717) is 24.7 Å². The van der Waals surface area contributed by atoms with Crippen LogP contribution in [-0.2, 0) is 4.79 Å². The van der Waals surface area contributed by atoms with Crippen LogP contribution in [-0.4, -0.2) is 40.9 Å². The molecular formula is C17H23NO3. The standard InChI is InChI=1S/C17H23NO3/c19-16(14-7-3-1-4-8-14)13-18(12-11-17(20)21)15-9-5-2-6-10-15/h1,3-4,7-8,15H,2,5-6,9-13H2,(H,20,21). The molecule has 0 atom stereocenters. The third-order valence-corrected chi connectivity index (χ3v) is 4.15. The Bertz CT molecular complexity index is 466. The zero-order valence-corrected chi connectivity index (χ0v) is 12.3. The van der Waals surface area contributed by atoms with Crippen molar-refractivity contribution in [3.05, 3.63) is 35.9 Å². The van der Waals surface area contributed by atoms with Crippen molar-refractivity contribution >= 4 is 11.8 Å². The Morgan fingerprint density at radius 2 is 1.76 bits per heavy atom. The molecule has 0 aliphatic heterocycles. The largest absolute Gasteiger partial charge is 0.481 e. The fraction of sp³-hybridized carbons (Fsp3) is 0.529. The zero-order valence-electron chi connectivity index (χ0n) is 12.3. The molecule has 0 heterocycles. The average Bonchev–Trinajstić information content (AvgIpc) is 2.52. The number of ketones is 1. The molecule has 1 aromatic carbocycles. The van der Waals surface area contributed by atoms with Crippen LogP contribution in [0.2, 0.25) is 0 Å². The van der Waals surface area contributed by atoms with Crippen LogP contribution in [0.5, 0.6) is 0 Å². The van der Waals surface area contributed by atoms with Gasteiger partial charge in [-0.3, -0.25) is 14.5 Å². The first-order valence-electron chi connectivity index (χ1n) is 7.71. The number of carbonyl (C=O) groups is 2. The van der Waals surface area contributed by atoms with Gasteiger partial charge in [0.25, 0.3) is 0 Å². The molecule has 0 unspecified atom stereocenters. The van der Waals surface area contributed by atoms with Crippen molar-refractivity contribution in [1.82, 2.24) is 4.90 Å². The predicted molar refractivity (Wildman–Crippen MR) is 81.5 cm³/mol. The number of hydrogen-bond acceptors (Lipinski definition) is 3. The Morgan fingerprint density at radius 3 is 2.38 bits per heavy atom. The maximum absolute atomic E-state index is 12.4. The number of carboxylic acids is 1. The number of Topliss-reactive ketones (excluding diaryl/α,β-unsaturated/α-hetero) is 1. The van der Waals surface area contributed by atoms with Crippen LogP contribution in [0.3, 0.4) is 0 Å². The van der Waals surface area contributed by atoms with Crippen LogP contribution in [0.25, 0.3) is 0 Å². The van der Waals surface area contributed by atoms with Gasteiger partial charge in [-0.2, -0.15) is 0 Å². The van der Waals surface area contributed by atoms with Gasteiger partial charge >= 0.3 is 5.97 Å². The van der Waals surface area contributed by atoms with Gasteiger partial charge in [0.15, 0.2) is 5.78 Å². The third-order valence-electron chi connectivity index (χ3n) is 4.15. The highest BCUT2D eigenvalue weighted by Gasteiger charge is 2.23. The van der Waals surface area contributed by atoms with Crippen molar-refractivity contribution in [3.8, 4) is 0 Å². The van der Waals surface area contributed by atoms with E-state index in [1.54, 1.807) is 0 Å². The minimum Gasteiger partial charge on any atom is -0.481 e. The molecule has 0 aromatic heterocycles. The monoisotopic (exact) mass is 289 g/mol. The average molecular weight is 289 g/mol. The molecule has 21 heavy (non-hydrogen) atoms. The van der Waals surface area contributed by atoms with Gasteiger partial charge in [-0.05, 0) is 12.8 Å². The highest BCUT2D eigenvalue weighted by atomic mass is 16.4. The second kappa shape index (κ2) is 7.93. The first-order valence-corrected chi connectivity index (χ1v) is 7.71. The van der Waals surface area contributed by atoms with Crippen LogP contribution >= 0.6 is 0 Å². The van der Waals surface area contributed by atoms with E-state index in [4.69, 9.17) is 5.11 Å². The van der Waals surface area contributed by atoms with Crippen molar-refractivity contribution in [2.45, 2.75) is 44.6 Å². The molecule has 1 aromatic rings. The Labute approximate surface area is 125 Å².